The van der Waals surface area contributed by atoms with Gasteiger partial charge in [0.15, 0.2) is 0 Å². The molecule has 0 bridgehead atoms. The number of imidazole rings is 1. The average Bonchev–Trinajstić information content (AvgIpc) is 2.58. The van der Waals surface area contributed by atoms with Gasteiger partial charge in [-0.25, -0.2) is 4.98 Å². The fraction of sp³-hybridized carbons (Fsp3) is 0.727. The van der Waals surface area contributed by atoms with E-state index in [9.17, 15) is 0 Å². The van der Waals surface area contributed by atoms with Crippen LogP contribution in [-0.4, -0.2) is 16.6 Å². The second-order valence-corrected chi connectivity index (χ2v) is 3.91. The summed E-state index contributed by atoms with van der Waals surface area (Å²) < 4.78 is 2.42. The van der Waals surface area contributed by atoms with E-state index < -0.39 is 0 Å². The van der Waals surface area contributed by atoms with E-state index in [4.69, 9.17) is 4.98 Å². The van der Waals surface area contributed by atoms with Crippen LogP contribution in [0.3, 0.4) is 0 Å². The summed E-state index contributed by atoms with van der Waals surface area (Å²) in [6.07, 6.45) is 4.93. The number of fused-ring (bicyclic) bond motifs is 1. The molecule has 1 aromatic rings. The van der Waals surface area contributed by atoms with Crippen LogP contribution in [0.2, 0.25) is 0 Å². The lowest BCUT2D eigenvalue weighted by Crippen LogP contribution is -2.17. The van der Waals surface area contributed by atoms with Gasteiger partial charge < -0.3 is 9.88 Å². The molecule has 0 unspecified atom stereocenters. The molecule has 14 heavy (non-hydrogen) atoms. The van der Waals surface area contributed by atoms with Crippen molar-refractivity contribution in [2.45, 2.75) is 45.7 Å². The lowest BCUT2D eigenvalue weighted by Gasteiger charge is -2.17. The number of rotatable bonds is 3. The fourth-order valence-corrected chi connectivity index (χ4v) is 2.27. The minimum absolute atomic E-state index is 0.896. The largest absolute Gasteiger partial charge is 0.331 e. The first-order chi connectivity index (χ1) is 6.86. The topological polar surface area (TPSA) is 29.9 Å². The van der Waals surface area contributed by atoms with Gasteiger partial charge in [0.25, 0.3) is 0 Å². The maximum atomic E-state index is 4.70. The van der Waals surface area contributed by atoms with Crippen molar-refractivity contribution in [2.75, 3.05) is 7.05 Å². The van der Waals surface area contributed by atoms with E-state index in [-0.39, 0.29) is 0 Å². The summed E-state index contributed by atoms with van der Waals surface area (Å²) >= 11 is 0. The zero-order valence-corrected chi connectivity index (χ0v) is 9.14. The molecule has 0 radical (unpaired) electrons. The number of nitrogens with zero attached hydrogens (tertiary/aromatic N) is 2. The van der Waals surface area contributed by atoms with Crippen LogP contribution in [0.15, 0.2) is 0 Å². The molecule has 3 nitrogen and oxygen atoms in total. The molecule has 3 heteroatoms. The second kappa shape index (κ2) is 4.13. The quantitative estimate of drug-likeness (QED) is 0.788. The first-order valence-electron chi connectivity index (χ1n) is 5.58. The van der Waals surface area contributed by atoms with Crippen LogP contribution in [0, 0.1) is 0 Å². The van der Waals surface area contributed by atoms with Crippen LogP contribution in [0.1, 0.15) is 37.0 Å². The molecule has 1 aliphatic rings. The van der Waals surface area contributed by atoms with Gasteiger partial charge in [-0.1, -0.05) is 6.92 Å². The smallest absolute Gasteiger partial charge is 0.123 e. The standard InChI is InChI=1S/C11H19N3/c1-3-9-10-6-4-5-7-14(10)11(13-9)8-12-2/h12H,3-8H2,1-2H3. The van der Waals surface area contributed by atoms with Gasteiger partial charge in [0.1, 0.15) is 5.82 Å². The monoisotopic (exact) mass is 193 g/mol. The van der Waals surface area contributed by atoms with Gasteiger partial charge in [-0.05, 0) is 32.7 Å². The third kappa shape index (κ3) is 1.57. The molecule has 0 saturated carbocycles. The summed E-state index contributed by atoms with van der Waals surface area (Å²) in [4.78, 5) is 4.70. The summed E-state index contributed by atoms with van der Waals surface area (Å²) in [7, 11) is 1.98. The summed E-state index contributed by atoms with van der Waals surface area (Å²) in [5.74, 6) is 1.22. The van der Waals surface area contributed by atoms with Gasteiger partial charge in [0.2, 0.25) is 0 Å². The first kappa shape index (κ1) is 9.71. The number of nitrogens with one attached hydrogen (secondary N) is 1. The molecule has 0 amide bonds. The SMILES string of the molecule is CCc1nc(CNC)n2c1CCCC2. The van der Waals surface area contributed by atoms with E-state index >= 15 is 0 Å². The predicted octanol–water partition coefficient (Wildman–Crippen LogP) is 1.50. The fourth-order valence-electron chi connectivity index (χ4n) is 2.27. The summed E-state index contributed by atoms with van der Waals surface area (Å²) in [6, 6.07) is 0. The van der Waals surface area contributed by atoms with E-state index in [1.54, 1.807) is 0 Å². The molecule has 1 N–H and O–H groups in total. The zero-order valence-electron chi connectivity index (χ0n) is 9.14. The van der Waals surface area contributed by atoms with Crippen molar-refractivity contribution in [1.82, 2.24) is 14.9 Å². The van der Waals surface area contributed by atoms with Crippen LogP contribution in [0.5, 0.6) is 0 Å². The average molecular weight is 193 g/mol. The highest BCUT2D eigenvalue weighted by atomic mass is 15.1. The van der Waals surface area contributed by atoms with Crippen molar-refractivity contribution in [1.29, 1.82) is 0 Å². The molecule has 2 rings (SSSR count). The van der Waals surface area contributed by atoms with E-state index in [0.29, 0.717) is 0 Å². The highest BCUT2D eigenvalue weighted by Gasteiger charge is 2.17. The van der Waals surface area contributed by atoms with Crippen LogP contribution >= 0.6 is 0 Å². The predicted molar refractivity (Wildman–Crippen MR) is 57.3 cm³/mol. The summed E-state index contributed by atoms with van der Waals surface area (Å²) in [5, 5.41) is 3.19. The van der Waals surface area contributed by atoms with Gasteiger partial charge in [-0.2, -0.15) is 0 Å². The number of hydrogen-bond donors (Lipinski definition) is 1. The molecule has 0 fully saturated rings. The van der Waals surface area contributed by atoms with E-state index in [2.05, 4.69) is 16.8 Å². The Morgan fingerprint density at radius 2 is 2.29 bits per heavy atom. The van der Waals surface area contributed by atoms with Crippen molar-refractivity contribution >= 4 is 0 Å². The van der Waals surface area contributed by atoms with Gasteiger partial charge in [0.05, 0.1) is 12.2 Å². The van der Waals surface area contributed by atoms with E-state index in [1.807, 2.05) is 7.05 Å². The third-order valence-corrected chi connectivity index (χ3v) is 2.95. The minimum Gasteiger partial charge on any atom is -0.331 e. The summed E-state index contributed by atoms with van der Waals surface area (Å²) in [5.41, 5.74) is 2.80. The Morgan fingerprint density at radius 3 is 3.00 bits per heavy atom. The van der Waals surface area contributed by atoms with Crippen molar-refractivity contribution in [3.05, 3.63) is 17.2 Å². The first-order valence-corrected chi connectivity index (χ1v) is 5.58. The molecule has 0 aliphatic carbocycles. The van der Waals surface area contributed by atoms with Gasteiger partial charge in [-0.15, -0.1) is 0 Å². The van der Waals surface area contributed by atoms with Crippen molar-refractivity contribution in [3.8, 4) is 0 Å². The van der Waals surface area contributed by atoms with Crippen LogP contribution in [0.4, 0.5) is 0 Å². The highest BCUT2D eigenvalue weighted by Crippen LogP contribution is 2.21. The molecule has 2 heterocycles. The van der Waals surface area contributed by atoms with Gasteiger partial charge in [0, 0.05) is 12.2 Å². The highest BCUT2D eigenvalue weighted by molar-refractivity contribution is 5.19. The lowest BCUT2D eigenvalue weighted by atomic mass is 10.1. The van der Waals surface area contributed by atoms with Crippen molar-refractivity contribution < 1.29 is 0 Å². The molecular weight excluding hydrogens is 174 g/mol. The number of aryl methyl sites for hydroxylation is 1. The number of aromatic nitrogens is 2. The molecule has 0 spiro atoms. The summed E-state index contributed by atoms with van der Waals surface area (Å²) in [6.45, 7) is 4.26. The Balaban J connectivity index is 2.36. The normalized spacial score (nSPS) is 15.6. The Hall–Kier alpha value is -0.830. The van der Waals surface area contributed by atoms with Gasteiger partial charge >= 0.3 is 0 Å². The molecule has 1 aromatic heterocycles. The lowest BCUT2D eigenvalue weighted by molar-refractivity contribution is 0.506. The van der Waals surface area contributed by atoms with Crippen LogP contribution < -0.4 is 5.32 Å². The van der Waals surface area contributed by atoms with Crippen molar-refractivity contribution in [2.24, 2.45) is 0 Å². The molecule has 78 valence electrons. The minimum atomic E-state index is 0.896. The van der Waals surface area contributed by atoms with E-state index in [0.717, 1.165) is 13.0 Å². The number of hydrogen-bond acceptors (Lipinski definition) is 2. The maximum absolute atomic E-state index is 4.70. The zero-order chi connectivity index (χ0) is 9.97. The Bertz CT molecular complexity index is 315. The Kier molecular flexibility index (Phi) is 2.87. The molecule has 0 atom stereocenters. The van der Waals surface area contributed by atoms with Crippen LogP contribution in [-0.2, 0) is 25.9 Å². The molecule has 1 aliphatic heterocycles. The molecular formula is C11H19N3. The second-order valence-electron chi connectivity index (χ2n) is 3.91. The van der Waals surface area contributed by atoms with Crippen molar-refractivity contribution in [3.63, 3.8) is 0 Å². The molecule has 0 saturated heterocycles. The third-order valence-electron chi connectivity index (χ3n) is 2.95. The Morgan fingerprint density at radius 1 is 1.43 bits per heavy atom. The van der Waals surface area contributed by atoms with Crippen LogP contribution in [0.25, 0.3) is 0 Å². The maximum Gasteiger partial charge on any atom is 0.123 e. The van der Waals surface area contributed by atoms with E-state index in [1.165, 1.54) is 43.0 Å². The Labute approximate surface area is 85.5 Å². The van der Waals surface area contributed by atoms with Gasteiger partial charge in [-0.3, -0.25) is 0 Å². The molecule has 0 aromatic carbocycles.